The Bertz CT molecular complexity index is 2570. The van der Waals surface area contributed by atoms with Crippen molar-refractivity contribution in [2.24, 2.45) is 14.1 Å². The Morgan fingerprint density at radius 1 is 1.00 bits per heavy atom. The number of hydrogen-bond donors (Lipinski definition) is 3. The van der Waals surface area contributed by atoms with Crippen LogP contribution in [0.15, 0.2) is 52.1 Å². The molecule has 0 bridgehead atoms. The van der Waals surface area contributed by atoms with E-state index in [1.165, 1.54) is 14.1 Å². The molecular weight excluding hydrogens is 783 g/mol. The predicted octanol–water partition coefficient (Wildman–Crippen LogP) is 5.59. The van der Waals surface area contributed by atoms with Gasteiger partial charge < -0.3 is 25.4 Å². The number of aliphatic hydroxyl groups is 1. The van der Waals surface area contributed by atoms with Crippen LogP contribution in [0.2, 0.25) is 10.0 Å². The Labute approximate surface area is 335 Å². The molecular formula is C39H39Cl2F2N9O5. The van der Waals surface area contributed by atoms with E-state index in [4.69, 9.17) is 32.9 Å². The van der Waals surface area contributed by atoms with Gasteiger partial charge in [-0.1, -0.05) is 53.5 Å². The van der Waals surface area contributed by atoms with Gasteiger partial charge in [-0.05, 0) is 43.4 Å². The summed E-state index contributed by atoms with van der Waals surface area (Å²) in [7, 11) is 4.21. The molecule has 5 aromatic rings. The topological polar surface area (TPSA) is 160 Å². The summed E-state index contributed by atoms with van der Waals surface area (Å²) < 4.78 is 35.7. The van der Waals surface area contributed by atoms with Crippen molar-refractivity contribution in [3.05, 3.63) is 90.3 Å². The number of pyridine rings is 1. The van der Waals surface area contributed by atoms with Crippen LogP contribution in [0.3, 0.4) is 0 Å². The molecule has 14 nitrogen and oxygen atoms in total. The number of benzene rings is 2. The summed E-state index contributed by atoms with van der Waals surface area (Å²) in [6, 6.07) is 12.5. The van der Waals surface area contributed by atoms with Crippen molar-refractivity contribution in [2.75, 3.05) is 45.2 Å². The lowest BCUT2D eigenvalue weighted by Crippen LogP contribution is -2.61. The van der Waals surface area contributed by atoms with Crippen LogP contribution in [0.4, 0.5) is 25.1 Å². The number of methoxy groups -OCH3 is 1. The van der Waals surface area contributed by atoms with E-state index in [0.717, 1.165) is 52.5 Å². The van der Waals surface area contributed by atoms with Crippen molar-refractivity contribution >= 4 is 51.8 Å². The lowest BCUT2D eigenvalue weighted by Gasteiger charge is -2.40. The number of carbonyl (C=O) groups excluding carboxylic acids is 1. The Kier molecular flexibility index (Phi) is 10.2. The summed E-state index contributed by atoms with van der Waals surface area (Å²) in [5.74, 6) is -0.606. The van der Waals surface area contributed by atoms with Crippen molar-refractivity contribution in [1.82, 2.24) is 39.2 Å². The molecule has 5 heterocycles. The monoisotopic (exact) mass is 821 g/mol. The lowest BCUT2D eigenvalue weighted by molar-refractivity contribution is 0.127. The zero-order valence-electron chi connectivity index (χ0n) is 31.3. The second kappa shape index (κ2) is 15.0. The maximum Gasteiger partial charge on any atom is 0.332 e. The third-order valence-corrected chi connectivity index (χ3v) is 12.2. The number of amides is 2. The predicted molar refractivity (Wildman–Crippen MR) is 212 cm³/mol. The number of carbonyl (C=O) groups is 1. The highest BCUT2D eigenvalue weighted by atomic mass is 35.5. The van der Waals surface area contributed by atoms with Crippen LogP contribution in [0, 0.1) is 0 Å². The second-order valence-electron chi connectivity index (χ2n) is 14.6. The summed E-state index contributed by atoms with van der Waals surface area (Å²) >= 11 is 14.2. The average Bonchev–Trinajstić information content (AvgIpc) is 3.82. The maximum absolute atomic E-state index is 13.9. The zero-order valence-corrected chi connectivity index (χ0v) is 32.8. The number of ether oxygens (including phenoxy) is 1. The number of anilines is 2. The van der Waals surface area contributed by atoms with E-state index in [1.807, 2.05) is 18.2 Å². The van der Waals surface area contributed by atoms with Crippen molar-refractivity contribution in [2.45, 2.75) is 43.7 Å². The third-order valence-electron chi connectivity index (χ3n) is 11.4. The van der Waals surface area contributed by atoms with Gasteiger partial charge in [0.25, 0.3) is 12.0 Å². The Balaban J connectivity index is 1.11. The first-order valence-electron chi connectivity index (χ1n) is 18.4. The minimum atomic E-state index is -3.09. The number of nitrogens with one attached hydrogen (secondary N) is 2. The first-order chi connectivity index (χ1) is 27.3. The fourth-order valence-corrected chi connectivity index (χ4v) is 9.04. The van der Waals surface area contributed by atoms with E-state index >= 15 is 0 Å². The minimum absolute atomic E-state index is 0.0629. The second-order valence-corrected chi connectivity index (χ2v) is 15.4. The lowest BCUT2D eigenvalue weighted by atomic mass is 9.92. The highest BCUT2D eigenvalue weighted by Gasteiger charge is 2.46. The first-order valence-corrected chi connectivity index (χ1v) is 19.2. The molecule has 298 valence electrons. The van der Waals surface area contributed by atoms with Crippen LogP contribution in [0.5, 0.6) is 5.88 Å². The Morgan fingerprint density at radius 2 is 1.72 bits per heavy atom. The average molecular weight is 823 g/mol. The smallest absolute Gasteiger partial charge is 0.332 e. The van der Waals surface area contributed by atoms with Crippen molar-refractivity contribution in [1.29, 1.82) is 0 Å². The quantitative estimate of drug-likeness (QED) is 0.171. The molecule has 3 aliphatic rings. The van der Waals surface area contributed by atoms with Crippen molar-refractivity contribution in [3.63, 3.8) is 0 Å². The SMILES string of the molecule is COc1nc(-c2cccc(-c3cccc(Nc4nc(C(F)F)nc5c4c(=O)n(C)c(=O)n5C)c3Cl)c2Cl)cc2c1[C@@H](N1CC[C@]3(CCN(CCO)C(=O)N3)C1)CC2. The number of halogens is 4. The molecule has 2 amide bonds. The molecule has 1 aliphatic carbocycles. The van der Waals surface area contributed by atoms with Gasteiger partial charge in [0.2, 0.25) is 5.88 Å². The standard InChI is InChI=1S/C39H39Cl2F2N9O5/c1-49-34-28(36(54)50(2)38(49)56)32(46-33(47-34)31(42)43)44-24-9-5-7-22(30(24)41)21-6-4-8-23(29(21)40)25-18-20-10-11-26(27(20)35(45-25)57-3)52-15-13-39(19-52)12-14-51(16-17-53)37(55)48-39/h4-9,18,26,31,53H,10-17,19H2,1-3H3,(H,48,55)(H,44,46,47)/t26-,39+/m0/s1. The van der Waals surface area contributed by atoms with Gasteiger partial charge in [0.15, 0.2) is 11.5 Å². The summed E-state index contributed by atoms with van der Waals surface area (Å²) in [5, 5.41) is 15.9. The van der Waals surface area contributed by atoms with Gasteiger partial charge in [0.1, 0.15) is 11.2 Å². The first kappa shape index (κ1) is 38.7. The highest BCUT2D eigenvalue weighted by molar-refractivity contribution is 6.39. The summed E-state index contributed by atoms with van der Waals surface area (Å²) in [5.41, 5.74) is 2.62. The molecule has 0 saturated carbocycles. The number of aliphatic hydroxyl groups excluding tert-OH is 1. The van der Waals surface area contributed by atoms with Gasteiger partial charge in [0, 0.05) is 68.6 Å². The molecule has 57 heavy (non-hydrogen) atoms. The van der Waals surface area contributed by atoms with Gasteiger partial charge >= 0.3 is 11.7 Å². The minimum Gasteiger partial charge on any atom is -0.481 e. The summed E-state index contributed by atoms with van der Waals surface area (Å²) in [6.07, 6.45) is 0.214. The number of rotatable bonds is 9. The maximum atomic E-state index is 13.9. The van der Waals surface area contributed by atoms with Gasteiger partial charge in [-0.25, -0.2) is 33.3 Å². The molecule has 2 fully saturated rings. The molecule has 2 aromatic carbocycles. The Morgan fingerprint density at radius 3 is 2.44 bits per heavy atom. The number of hydrogen-bond acceptors (Lipinski definition) is 10. The van der Waals surface area contributed by atoms with E-state index in [2.05, 4.69) is 25.5 Å². The molecule has 18 heteroatoms. The summed E-state index contributed by atoms with van der Waals surface area (Å²) in [6.45, 7) is 2.38. The van der Waals surface area contributed by atoms with E-state index in [-0.39, 0.29) is 51.8 Å². The third kappa shape index (κ3) is 6.67. The fourth-order valence-electron chi connectivity index (χ4n) is 8.44. The number of aryl methyl sites for hydroxylation is 2. The highest BCUT2D eigenvalue weighted by Crippen LogP contribution is 2.47. The van der Waals surface area contributed by atoms with Crippen LogP contribution in [0.1, 0.15) is 48.7 Å². The molecule has 3 aromatic heterocycles. The van der Waals surface area contributed by atoms with Crippen molar-refractivity contribution in [3.8, 4) is 28.3 Å². The van der Waals surface area contributed by atoms with Gasteiger partial charge in [-0.2, -0.15) is 0 Å². The molecule has 2 atom stereocenters. The number of alkyl halides is 2. The van der Waals surface area contributed by atoms with E-state index in [9.17, 15) is 28.3 Å². The molecule has 0 unspecified atom stereocenters. The normalized spacial score (nSPS) is 19.5. The fraction of sp³-hybridized carbons (Fsp3) is 0.385. The molecule has 1 spiro atoms. The van der Waals surface area contributed by atoms with Crippen LogP contribution in [-0.4, -0.2) is 90.5 Å². The van der Waals surface area contributed by atoms with E-state index in [1.54, 1.807) is 36.3 Å². The van der Waals surface area contributed by atoms with Crippen LogP contribution < -0.4 is 26.6 Å². The molecule has 0 radical (unpaired) electrons. The van der Waals surface area contributed by atoms with E-state index in [0.29, 0.717) is 52.9 Å². The number of β-amino-alcohol motifs (C(OH)–C–C–N with tert-alkyl or cyclic N) is 1. The van der Waals surface area contributed by atoms with Crippen molar-refractivity contribution < 1.29 is 23.4 Å². The van der Waals surface area contributed by atoms with Gasteiger partial charge in [-0.15, -0.1) is 0 Å². The molecule has 2 saturated heterocycles. The van der Waals surface area contributed by atoms with Gasteiger partial charge in [0.05, 0.1) is 40.7 Å². The number of nitrogens with zero attached hydrogens (tertiary/aromatic N) is 7. The number of urea groups is 1. The summed E-state index contributed by atoms with van der Waals surface area (Å²) in [4.78, 5) is 55.5. The van der Waals surface area contributed by atoms with Crippen LogP contribution >= 0.6 is 23.2 Å². The molecule has 2 aliphatic heterocycles. The number of likely N-dealkylation sites (tertiary alicyclic amines) is 1. The number of fused-ring (bicyclic) bond motifs is 2. The van der Waals surface area contributed by atoms with Crippen LogP contribution in [-0.2, 0) is 20.5 Å². The van der Waals surface area contributed by atoms with E-state index < -0.39 is 23.5 Å². The van der Waals surface area contributed by atoms with Gasteiger partial charge in [-0.3, -0.25) is 18.8 Å². The molecule has 8 rings (SSSR count). The largest absolute Gasteiger partial charge is 0.481 e. The van der Waals surface area contributed by atoms with Crippen LogP contribution in [0.25, 0.3) is 33.4 Å². The zero-order chi connectivity index (χ0) is 40.3. The molecule has 3 N–H and O–H groups in total. The Hall–Kier alpha value is -5.16. The number of aromatic nitrogens is 5.